The summed E-state index contributed by atoms with van der Waals surface area (Å²) in [5, 5.41) is 0.676. The van der Waals surface area contributed by atoms with Gasteiger partial charge in [-0.3, -0.25) is 9.59 Å². The van der Waals surface area contributed by atoms with E-state index in [1.165, 1.54) is 18.9 Å². The Balaban J connectivity index is 1.43. The van der Waals surface area contributed by atoms with Gasteiger partial charge in [-0.2, -0.15) is 0 Å². The van der Waals surface area contributed by atoms with Crippen LogP contribution in [0.1, 0.15) is 20.7 Å². The molecule has 0 spiro atoms. The molecule has 2 heterocycles. The molecule has 7 nitrogen and oxygen atoms in total. The summed E-state index contributed by atoms with van der Waals surface area (Å²) in [5.41, 5.74) is 1.05. The maximum absolute atomic E-state index is 13.3. The third-order valence-corrected chi connectivity index (χ3v) is 6.48. The van der Waals surface area contributed by atoms with E-state index in [-0.39, 0.29) is 11.8 Å². The lowest BCUT2D eigenvalue weighted by Gasteiger charge is -2.35. The Labute approximate surface area is 197 Å². The zero-order valence-electron chi connectivity index (χ0n) is 18.6. The van der Waals surface area contributed by atoms with Gasteiger partial charge in [0.25, 0.3) is 11.8 Å². The molecule has 1 saturated heterocycles. The maximum atomic E-state index is 13.3. The number of carbonyl (C=O) groups excluding carboxylic acids is 2. The van der Waals surface area contributed by atoms with E-state index in [0.717, 1.165) is 4.90 Å². The van der Waals surface area contributed by atoms with Crippen LogP contribution in [0.25, 0.3) is 0 Å². The second-order valence-electron chi connectivity index (χ2n) is 7.42. The molecule has 0 bridgehead atoms. The van der Waals surface area contributed by atoms with Crippen LogP contribution in [0.3, 0.4) is 0 Å². The number of pyridine rings is 1. The number of nitrogens with zero attached hydrogens (tertiary/aromatic N) is 3. The standard InChI is InChI=1S/C25H25N3O4S/c1-31-18-10-11-20(22(17-18)32-2)24(29)27-13-15-28(16-14-27)25(30)21-9-6-12-26-23(21)33-19-7-4-3-5-8-19/h3-12,17H,13-16H2,1-2H3. The smallest absolute Gasteiger partial charge is 0.257 e. The Bertz CT molecular complexity index is 1130. The number of piperazine rings is 1. The molecule has 33 heavy (non-hydrogen) atoms. The summed E-state index contributed by atoms with van der Waals surface area (Å²) in [6.07, 6.45) is 1.70. The van der Waals surface area contributed by atoms with Gasteiger partial charge in [-0.25, -0.2) is 4.98 Å². The first-order valence-electron chi connectivity index (χ1n) is 10.6. The number of amides is 2. The summed E-state index contributed by atoms with van der Waals surface area (Å²) in [6.45, 7) is 1.79. The van der Waals surface area contributed by atoms with Gasteiger partial charge in [0.1, 0.15) is 16.5 Å². The molecule has 1 aromatic heterocycles. The highest BCUT2D eigenvalue weighted by atomic mass is 32.2. The monoisotopic (exact) mass is 463 g/mol. The van der Waals surface area contributed by atoms with Gasteiger partial charge in [-0.15, -0.1) is 0 Å². The molecule has 0 N–H and O–H groups in total. The lowest BCUT2D eigenvalue weighted by molar-refractivity contribution is 0.0531. The zero-order chi connectivity index (χ0) is 23.2. The molecule has 1 aliphatic heterocycles. The highest BCUT2D eigenvalue weighted by Crippen LogP contribution is 2.30. The van der Waals surface area contributed by atoms with Crippen molar-refractivity contribution in [1.82, 2.24) is 14.8 Å². The third kappa shape index (κ3) is 5.12. The van der Waals surface area contributed by atoms with Crippen LogP contribution < -0.4 is 9.47 Å². The van der Waals surface area contributed by atoms with Crippen LogP contribution >= 0.6 is 11.8 Å². The third-order valence-electron chi connectivity index (χ3n) is 5.45. The van der Waals surface area contributed by atoms with Gasteiger partial charge in [-0.05, 0) is 36.4 Å². The number of hydrogen-bond acceptors (Lipinski definition) is 6. The van der Waals surface area contributed by atoms with Crippen LogP contribution in [0.4, 0.5) is 0 Å². The van der Waals surface area contributed by atoms with Crippen LogP contribution in [0.5, 0.6) is 11.5 Å². The highest BCUT2D eigenvalue weighted by molar-refractivity contribution is 7.99. The van der Waals surface area contributed by atoms with Crippen LogP contribution in [0.2, 0.25) is 0 Å². The molecule has 0 atom stereocenters. The molecule has 2 aromatic carbocycles. The lowest BCUT2D eigenvalue weighted by Crippen LogP contribution is -2.50. The normalized spacial score (nSPS) is 13.5. The fourth-order valence-corrected chi connectivity index (χ4v) is 4.56. The minimum atomic E-state index is -0.122. The fraction of sp³-hybridized carbons (Fsp3) is 0.240. The van der Waals surface area contributed by atoms with Crippen molar-refractivity contribution in [3.63, 3.8) is 0 Å². The van der Waals surface area contributed by atoms with Gasteiger partial charge >= 0.3 is 0 Å². The minimum absolute atomic E-state index is 0.0735. The topological polar surface area (TPSA) is 72.0 Å². The summed E-state index contributed by atoms with van der Waals surface area (Å²) in [7, 11) is 3.10. The van der Waals surface area contributed by atoms with Gasteiger partial charge in [0.2, 0.25) is 0 Å². The van der Waals surface area contributed by atoms with Crippen molar-refractivity contribution in [2.75, 3.05) is 40.4 Å². The van der Waals surface area contributed by atoms with E-state index in [1.54, 1.807) is 53.4 Å². The zero-order valence-corrected chi connectivity index (χ0v) is 19.4. The van der Waals surface area contributed by atoms with Crippen molar-refractivity contribution in [3.05, 3.63) is 78.0 Å². The molecule has 8 heteroatoms. The van der Waals surface area contributed by atoms with Gasteiger partial charge in [-0.1, -0.05) is 30.0 Å². The maximum Gasteiger partial charge on any atom is 0.257 e. The van der Waals surface area contributed by atoms with E-state index < -0.39 is 0 Å². The van der Waals surface area contributed by atoms with Crippen LogP contribution in [0, 0.1) is 0 Å². The van der Waals surface area contributed by atoms with Crippen molar-refractivity contribution in [1.29, 1.82) is 0 Å². The highest BCUT2D eigenvalue weighted by Gasteiger charge is 2.28. The quantitative estimate of drug-likeness (QED) is 0.553. The number of aromatic nitrogens is 1. The van der Waals surface area contributed by atoms with Gasteiger partial charge in [0, 0.05) is 43.3 Å². The van der Waals surface area contributed by atoms with E-state index in [9.17, 15) is 9.59 Å². The van der Waals surface area contributed by atoms with Crippen LogP contribution in [-0.4, -0.2) is 67.0 Å². The summed E-state index contributed by atoms with van der Waals surface area (Å²) in [6, 6.07) is 18.6. The molecule has 4 rings (SSSR count). The SMILES string of the molecule is COc1ccc(C(=O)N2CCN(C(=O)c3cccnc3Sc3ccccc3)CC2)c(OC)c1. The Hall–Kier alpha value is -3.52. The molecule has 0 radical (unpaired) electrons. The largest absolute Gasteiger partial charge is 0.497 e. The number of rotatable bonds is 6. The number of hydrogen-bond donors (Lipinski definition) is 0. The number of carbonyl (C=O) groups is 2. The molecule has 0 unspecified atom stereocenters. The molecule has 2 amide bonds. The molecular formula is C25H25N3O4S. The van der Waals surface area contributed by atoms with Crippen molar-refractivity contribution in [2.24, 2.45) is 0 Å². The second kappa shape index (κ2) is 10.4. The van der Waals surface area contributed by atoms with Gasteiger partial charge in [0.05, 0.1) is 25.3 Å². The predicted molar refractivity (Wildman–Crippen MR) is 126 cm³/mol. The minimum Gasteiger partial charge on any atom is -0.497 e. The van der Waals surface area contributed by atoms with Crippen LogP contribution in [-0.2, 0) is 0 Å². The Kier molecular flexibility index (Phi) is 7.14. The molecule has 1 aliphatic rings. The first-order chi connectivity index (χ1) is 16.1. The summed E-state index contributed by atoms with van der Waals surface area (Å²) in [5.74, 6) is 0.897. The van der Waals surface area contributed by atoms with Gasteiger partial charge < -0.3 is 19.3 Å². The Morgan fingerprint density at radius 3 is 2.12 bits per heavy atom. The fourth-order valence-electron chi connectivity index (χ4n) is 3.66. The summed E-state index contributed by atoms with van der Waals surface area (Å²) >= 11 is 1.47. The van der Waals surface area contributed by atoms with Crippen molar-refractivity contribution >= 4 is 23.6 Å². The lowest BCUT2D eigenvalue weighted by atomic mass is 10.1. The average molecular weight is 464 g/mol. The first-order valence-corrected chi connectivity index (χ1v) is 11.4. The molecule has 170 valence electrons. The van der Waals surface area contributed by atoms with E-state index >= 15 is 0 Å². The predicted octanol–water partition coefficient (Wildman–Crippen LogP) is 3.85. The van der Waals surface area contributed by atoms with Crippen molar-refractivity contribution in [3.8, 4) is 11.5 Å². The van der Waals surface area contributed by atoms with Crippen molar-refractivity contribution < 1.29 is 19.1 Å². The molecule has 0 saturated carbocycles. The molecule has 0 aliphatic carbocycles. The molecule has 1 fully saturated rings. The number of methoxy groups -OCH3 is 2. The van der Waals surface area contributed by atoms with E-state index in [0.29, 0.717) is 53.8 Å². The Morgan fingerprint density at radius 1 is 0.818 bits per heavy atom. The first kappa shape index (κ1) is 22.7. The summed E-state index contributed by atoms with van der Waals surface area (Å²) < 4.78 is 10.6. The van der Waals surface area contributed by atoms with Crippen molar-refractivity contribution in [2.45, 2.75) is 9.92 Å². The van der Waals surface area contributed by atoms with E-state index in [4.69, 9.17) is 9.47 Å². The average Bonchev–Trinajstić information content (AvgIpc) is 2.88. The van der Waals surface area contributed by atoms with E-state index in [2.05, 4.69) is 4.98 Å². The second-order valence-corrected chi connectivity index (χ2v) is 8.48. The summed E-state index contributed by atoms with van der Waals surface area (Å²) in [4.78, 5) is 35.3. The Morgan fingerprint density at radius 2 is 1.48 bits per heavy atom. The number of benzene rings is 2. The molecular weight excluding hydrogens is 438 g/mol. The van der Waals surface area contributed by atoms with E-state index in [1.807, 2.05) is 30.3 Å². The van der Waals surface area contributed by atoms with Crippen LogP contribution in [0.15, 0.2) is 76.8 Å². The van der Waals surface area contributed by atoms with Gasteiger partial charge in [0.15, 0.2) is 0 Å². The molecule has 3 aromatic rings. The number of ether oxygens (including phenoxy) is 2.